The number of rotatable bonds is 12. The number of aryl methyl sites for hydroxylation is 16. The Morgan fingerprint density at radius 1 is 0.167 bits per heavy atom. The molecule has 0 saturated heterocycles. The molecular weight excluding hydrogens is 1890 g/mol. The summed E-state index contributed by atoms with van der Waals surface area (Å²) in [6.45, 7) is 35.2. The predicted molar refractivity (Wildman–Crippen MR) is 583 cm³/mol. The van der Waals surface area contributed by atoms with E-state index in [9.17, 15) is 0 Å². The Morgan fingerprint density at radius 3 is 0.381 bits per heavy atom. The van der Waals surface area contributed by atoms with Gasteiger partial charge in [0.2, 0.25) is 0 Å². The van der Waals surface area contributed by atoms with E-state index in [4.69, 9.17) is 38.8 Å². The van der Waals surface area contributed by atoms with Crippen molar-refractivity contribution in [2.45, 2.75) is 111 Å². The summed E-state index contributed by atoms with van der Waals surface area (Å²) in [6, 6.07) is 118. The van der Waals surface area contributed by atoms with Crippen LogP contribution in [0.5, 0.6) is 0 Å². The first-order valence-corrected chi connectivity index (χ1v) is 53.7. The van der Waals surface area contributed by atoms with Crippen LogP contribution in [-0.4, -0.2) is 14.1 Å². The van der Waals surface area contributed by atoms with Crippen LogP contribution in [0.15, 0.2) is 315 Å². The molecule has 0 aliphatic heterocycles. The zero-order valence-electron chi connectivity index (χ0n) is 78.9. The van der Waals surface area contributed by atoms with Gasteiger partial charge in [-0.15, -0.1) is 12.4 Å². The normalized spacial score (nSPS) is 10.2. The molecule has 0 aromatic heterocycles. The average molecular weight is 2020 g/mol. The van der Waals surface area contributed by atoms with Crippen LogP contribution in [0.25, 0.3) is 43.1 Å². The van der Waals surface area contributed by atoms with Gasteiger partial charge in [0.05, 0.1) is 0 Å². The Hall–Kier alpha value is -7.06. The molecule has 1 N–H and O–H groups in total. The van der Waals surface area contributed by atoms with Gasteiger partial charge < -0.3 is 64.7 Å². The molecule has 16 rings (SSSR count). The molecule has 0 aliphatic carbocycles. The van der Waals surface area contributed by atoms with Gasteiger partial charge in [-0.05, 0) is 288 Å². The van der Waals surface area contributed by atoms with E-state index < -0.39 is 31.7 Å². The van der Waals surface area contributed by atoms with Gasteiger partial charge in [0, 0.05) is 0 Å². The molecule has 1 nitrogen and oxygen atoms in total. The summed E-state index contributed by atoms with van der Waals surface area (Å²) in [5.74, 6) is 0. The molecule has 0 heterocycles. The maximum absolute atomic E-state index is 4.85. The molecule has 0 bridgehead atoms. The molecule has 0 radical (unpaired) electrons. The molecule has 12 heteroatoms. The van der Waals surface area contributed by atoms with Gasteiger partial charge >= 0.3 is 69.1 Å². The van der Waals surface area contributed by atoms with E-state index in [1.54, 1.807) is 0 Å². The molecular formula is C114H132Cl5NP4Ru2-8. The molecule has 0 atom stereocenters. The van der Waals surface area contributed by atoms with Crippen LogP contribution in [0, 0.1) is 170 Å². The minimum atomic E-state index is -0.584. The summed E-state index contributed by atoms with van der Waals surface area (Å²) in [5, 5.41) is 30.4. The van der Waals surface area contributed by atoms with E-state index in [2.05, 4.69) is 432 Å². The molecule has 16 aromatic rings. The van der Waals surface area contributed by atoms with Crippen LogP contribution in [0.4, 0.5) is 0 Å². The van der Waals surface area contributed by atoms with E-state index in [0.717, 1.165) is 0 Å². The number of fused-ring (bicyclic) bond motifs is 4. The van der Waals surface area contributed by atoms with Gasteiger partial charge in [0.25, 0.3) is 0 Å². The first kappa shape index (κ1) is 117. The molecule has 0 amide bonds. The van der Waals surface area contributed by atoms with Crippen molar-refractivity contribution in [1.29, 1.82) is 0 Å². The molecule has 0 saturated carbocycles. The van der Waals surface area contributed by atoms with Crippen molar-refractivity contribution >= 4 is 190 Å². The summed E-state index contributed by atoms with van der Waals surface area (Å²) < 4.78 is 0. The molecule has 126 heavy (non-hydrogen) atoms. The minimum absolute atomic E-state index is 0. The third-order valence-electron chi connectivity index (χ3n) is 19.7. The van der Waals surface area contributed by atoms with E-state index in [0.29, 0.717) is 0 Å². The Labute approximate surface area is 806 Å². The summed E-state index contributed by atoms with van der Waals surface area (Å²) >= 11 is -0.691. The van der Waals surface area contributed by atoms with Gasteiger partial charge in [-0.25, -0.2) is 0 Å². The topological polar surface area (TPSA) is 12.0 Å². The van der Waals surface area contributed by atoms with Gasteiger partial charge in [-0.3, -0.25) is 0 Å². The van der Waals surface area contributed by atoms with Gasteiger partial charge in [0.1, 0.15) is 0 Å². The Kier molecular flexibility index (Phi) is 53.1. The van der Waals surface area contributed by atoms with Crippen LogP contribution in [0.2, 0.25) is 0 Å². The fourth-order valence-corrected chi connectivity index (χ4v) is 26.6. The van der Waals surface area contributed by atoms with Crippen molar-refractivity contribution in [2.24, 2.45) is 0 Å². The molecule has 672 valence electrons. The van der Waals surface area contributed by atoms with Crippen molar-refractivity contribution < 1.29 is 30.3 Å². The van der Waals surface area contributed by atoms with Crippen molar-refractivity contribution in [1.82, 2.24) is 5.32 Å². The standard InChI is InChI=1S/4C26H25P.C2H7N.8CH3.5ClH.2Ru/c4*1-18-11-19(2)14-25(13-18)27(26-15-20(3)12-21(4)16-26)24-10-9-22-7-5-6-8-23(22)17-24;1-3-2;;;;;;;;;;;;;;;/h4*5-17H,1-4H3;3H,1-2H3;8*1H3;5*1H;;/q;;;;;8*-1;;;;;;2*+2/p-4. The third kappa shape index (κ3) is 33.4. The number of benzene rings is 16. The molecule has 0 spiro atoms. The van der Waals surface area contributed by atoms with Crippen molar-refractivity contribution in [3.63, 3.8) is 0 Å². The quantitative estimate of drug-likeness (QED) is 0.0730. The number of nitrogens with one attached hydrogen (secondary N) is 1. The van der Waals surface area contributed by atoms with E-state index in [1.165, 1.54) is 196 Å². The maximum atomic E-state index is 4.85. The summed E-state index contributed by atoms with van der Waals surface area (Å²) in [6.07, 6.45) is 0. The Morgan fingerprint density at radius 2 is 0.270 bits per heavy atom. The average Bonchev–Trinajstić information content (AvgIpc) is 0.799. The molecule has 16 aromatic carbocycles. The van der Waals surface area contributed by atoms with Crippen molar-refractivity contribution in [2.75, 3.05) is 14.1 Å². The number of halogens is 5. The first-order valence-electron chi connectivity index (χ1n) is 39.3. The second-order valence-electron chi connectivity index (χ2n) is 30.8. The Bertz CT molecular complexity index is 4970. The fourth-order valence-electron chi connectivity index (χ4n) is 15.7. The zero-order valence-corrected chi connectivity index (χ0v) is 89.8. The first-order chi connectivity index (χ1) is 56.2. The van der Waals surface area contributed by atoms with Gasteiger partial charge in [-0.2, -0.15) is 0 Å². The third-order valence-corrected chi connectivity index (χ3v) is 29.1. The number of hydrogen-bond acceptors (Lipinski definition) is 1. The van der Waals surface area contributed by atoms with Crippen LogP contribution < -0.4 is 69.0 Å². The summed E-state index contributed by atoms with van der Waals surface area (Å²) in [5.41, 5.74) is 21.4. The monoisotopic (exact) mass is 2020 g/mol. The fraction of sp³-hybridized carbons (Fsp3) is 0.158. The Balaban J connectivity index is 0.000000794. The number of hydrogen-bond donors (Lipinski definition) is 1. The van der Waals surface area contributed by atoms with Crippen LogP contribution in [-0.2, 0) is 30.3 Å². The van der Waals surface area contributed by atoms with Crippen LogP contribution in [0.1, 0.15) is 89.0 Å². The van der Waals surface area contributed by atoms with Crippen LogP contribution in [0.3, 0.4) is 0 Å². The second-order valence-corrected chi connectivity index (χ2v) is 45.0. The van der Waals surface area contributed by atoms with Crippen molar-refractivity contribution in [3.05, 3.63) is 464 Å². The predicted octanol–water partition coefficient (Wildman–Crippen LogP) is 29.9. The molecule has 0 fully saturated rings. The summed E-state index contributed by atoms with van der Waals surface area (Å²) in [7, 11) is 20.8. The van der Waals surface area contributed by atoms with E-state index >= 15 is 0 Å². The zero-order chi connectivity index (χ0) is 84.0. The van der Waals surface area contributed by atoms with E-state index in [1.807, 2.05) is 14.1 Å². The molecule has 0 unspecified atom stereocenters. The SMILES string of the molecule is CNC.Cc1cc(C)cc(P(c2cc(C)cc(C)c2)c2ccc3ccccc3c2)c1.Cc1cc(C)cc(P(c2cc(C)cc(C)c2)c2ccc3ccccc3c2)c1.Cc1cc(C)cc(P(c2cc(C)cc(C)c2)c2ccc3ccccc3c2)c1.Cc1cc(C)cc(P(c2cc(C)cc(C)c2)c2ccc3ccccc3c2)c1.Cl.[CH3-].[CH3-].[CH3-].[CH3-].[CH3-].[CH3-].[CH3-].[CH3-].[Cl][Ru][Cl].[Cl][Ru][Cl]. The van der Waals surface area contributed by atoms with Gasteiger partial charge in [0.15, 0.2) is 0 Å². The van der Waals surface area contributed by atoms with Crippen LogP contribution >= 0.6 is 82.9 Å². The van der Waals surface area contributed by atoms with E-state index in [-0.39, 0.29) is 102 Å². The molecule has 0 aliphatic rings. The van der Waals surface area contributed by atoms with Gasteiger partial charge in [-0.1, -0.05) is 380 Å². The second kappa shape index (κ2) is 57.2. The van der Waals surface area contributed by atoms with Crippen molar-refractivity contribution in [3.8, 4) is 0 Å². The summed E-state index contributed by atoms with van der Waals surface area (Å²) in [4.78, 5) is 0.